The monoisotopic (exact) mass is 657 g/mol. The number of amides is 3. The minimum Gasteiger partial charge on any atom is -0.458 e. The zero-order valence-corrected chi connectivity index (χ0v) is 29.8. The van der Waals surface area contributed by atoms with Crippen LogP contribution in [-0.2, 0) is 36.7 Å². The SMILES string of the molecule is CCN(C(=O)C(Cc1ccccc1)NC(=O)OC(C)(C)C)C(C(=O)NC(Cc1ccccc1)C(=O)OC(C)(C)C)c1ccc(C)cc1C. The van der Waals surface area contributed by atoms with Gasteiger partial charge in [0.1, 0.15) is 29.3 Å². The fourth-order valence-electron chi connectivity index (χ4n) is 5.42. The van der Waals surface area contributed by atoms with Crippen LogP contribution in [0.4, 0.5) is 4.79 Å². The van der Waals surface area contributed by atoms with Crippen molar-refractivity contribution in [1.82, 2.24) is 15.5 Å². The van der Waals surface area contributed by atoms with Crippen molar-refractivity contribution in [3.8, 4) is 0 Å². The van der Waals surface area contributed by atoms with Gasteiger partial charge in [-0.1, -0.05) is 84.4 Å². The van der Waals surface area contributed by atoms with Crippen molar-refractivity contribution in [3.63, 3.8) is 0 Å². The maximum absolute atomic E-state index is 14.6. The first kappa shape index (κ1) is 37.8. The van der Waals surface area contributed by atoms with E-state index in [2.05, 4.69) is 10.6 Å². The molecule has 0 aliphatic heterocycles. The van der Waals surface area contributed by atoms with Crippen LogP contribution in [0.15, 0.2) is 78.9 Å². The molecule has 3 rings (SSSR count). The van der Waals surface area contributed by atoms with Gasteiger partial charge in [0.15, 0.2) is 0 Å². The summed E-state index contributed by atoms with van der Waals surface area (Å²) in [7, 11) is 0. The third kappa shape index (κ3) is 11.5. The predicted octanol–water partition coefficient (Wildman–Crippen LogP) is 6.40. The van der Waals surface area contributed by atoms with Gasteiger partial charge in [-0.05, 0) is 84.6 Å². The van der Waals surface area contributed by atoms with Gasteiger partial charge < -0.3 is 25.0 Å². The second-order valence-corrected chi connectivity index (χ2v) is 14.1. The maximum Gasteiger partial charge on any atom is 0.408 e. The Morgan fingerprint density at radius 1 is 0.708 bits per heavy atom. The lowest BCUT2D eigenvalue weighted by molar-refractivity contribution is -0.159. The van der Waals surface area contributed by atoms with Crippen LogP contribution in [-0.4, -0.2) is 58.6 Å². The van der Waals surface area contributed by atoms with Crippen LogP contribution in [0.1, 0.15) is 82.3 Å². The number of carbonyl (C=O) groups is 4. The molecule has 9 heteroatoms. The minimum atomic E-state index is -1.12. The molecule has 0 aliphatic rings. The standard InChI is InChI=1S/C39H51N3O6/c1-10-42(35(44)31(24-28-17-13-11-14-18-28)41-37(46)48-39(7,8)9)33(30-22-21-26(2)23-27(30)3)34(43)40-32(36(45)47-38(4,5)6)25-29-19-15-12-16-20-29/h11-23,31-33H,10,24-25H2,1-9H3,(H,40,43)(H,41,46). The third-order valence-corrected chi connectivity index (χ3v) is 7.47. The van der Waals surface area contributed by atoms with Crippen molar-refractivity contribution >= 4 is 23.9 Å². The van der Waals surface area contributed by atoms with Crippen LogP contribution >= 0.6 is 0 Å². The Labute approximate surface area is 285 Å². The molecule has 258 valence electrons. The number of nitrogens with one attached hydrogen (secondary N) is 2. The van der Waals surface area contributed by atoms with Gasteiger partial charge in [-0.3, -0.25) is 9.59 Å². The lowest BCUT2D eigenvalue weighted by atomic mass is 9.95. The van der Waals surface area contributed by atoms with E-state index in [9.17, 15) is 19.2 Å². The van der Waals surface area contributed by atoms with E-state index in [1.807, 2.05) is 92.7 Å². The van der Waals surface area contributed by atoms with E-state index in [0.717, 1.165) is 22.3 Å². The normalized spacial score (nSPS) is 13.4. The Morgan fingerprint density at radius 3 is 1.71 bits per heavy atom. The lowest BCUT2D eigenvalue weighted by Crippen LogP contribution is -2.55. The number of hydrogen-bond acceptors (Lipinski definition) is 6. The Bertz CT molecular complexity index is 1540. The van der Waals surface area contributed by atoms with E-state index in [4.69, 9.17) is 9.47 Å². The molecule has 0 fully saturated rings. The number of aryl methyl sites for hydroxylation is 2. The summed E-state index contributed by atoms with van der Waals surface area (Å²) in [6.45, 7) is 16.3. The summed E-state index contributed by atoms with van der Waals surface area (Å²) in [5.74, 6) is -1.59. The Kier molecular flexibility index (Phi) is 12.9. The molecule has 0 saturated heterocycles. The average molecular weight is 658 g/mol. The first-order valence-electron chi connectivity index (χ1n) is 16.5. The third-order valence-electron chi connectivity index (χ3n) is 7.47. The molecule has 0 radical (unpaired) electrons. The van der Waals surface area contributed by atoms with E-state index in [1.165, 1.54) is 4.90 Å². The molecule has 3 amide bonds. The summed E-state index contributed by atoms with van der Waals surface area (Å²) in [4.78, 5) is 57.1. The first-order chi connectivity index (χ1) is 22.5. The van der Waals surface area contributed by atoms with E-state index in [0.29, 0.717) is 5.56 Å². The number of benzene rings is 3. The largest absolute Gasteiger partial charge is 0.458 e. The van der Waals surface area contributed by atoms with E-state index >= 15 is 0 Å². The number of nitrogens with zero attached hydrogens (tertiary/aromatic N) is 1. The van der Waals surface area contributed by atoms with Crippen LogP contribution in [0.3, 0.4) is 0 Å². The summed E-state index contributed by atoms with van der Waals surface area (Å²) < 4.78 is 11.2. The summed E-state index contributed by atoms with van der Waals surface area (Å²) >= 11 is 0. The number of rotatable bonds is 12. The molecular weight excluding hydrogens is 606 g/mol. The van der Waals surface area contributed by atoms with Gasteiger partial charge >= 0.3 is 12.1 Å². The Hall–Kier alpha value is -4.66. The fourth-order valence-corrected chi connectivity index (χ4v) is 5.42. The van der Waals surface area contributed by atoms with Crippen LogP contribution in [0, 0.1) is 13.8 Å². The fraction of sp³-hybridized carbons (Fsp3) is 0.436. The summed E-state index contributed by atoms with van der Waals surface area (Å²) in [6, 6.07) is 21.2. The highest BCUT2D eigenvalue weighted by Crippen LogP contribution is 2.27. The van der Waals surface area contributed by atoms with Crippen molar-refractivity contribution < 1.29 is 28.7 Å². The number of hydrogen-bond donors (Lipinski definition) is 2. The number of esters is 1. The summed E-state index contributed by atoms with van der Waals surface area (Å²) in [5, 5.41) is 5.70. The van der Waals surface area contributed by atoms with Gasteiger partial charge in [0.05, 0.1) is 0 Å². The highest BCUT2D eigenvalue weighted by molar-refractivity contribution is 5.94. The van der Waals surface area contributed by atoms with Crippen LogP contribution in [0.2, 0.25) is 0 Å². The molecule has 3 aromatic rings. The topological polar surface area (TPSA) is 114 Å². The molecule has 0 aromatic heterocycles. The lowest BCUT2D eigenvalue weighted by Gasteiger charge is -2.35. The molecule has 3 atom stereocenters. The molecule has 0 heterocycles. The minimum absolute atomic E-state index is 0.140. The van der Waals surface area contributed by atoms with Gasteiger partial charge in [-0.15, -0.1) is 0 Å². The summed E-state index contributed by atoms with van der Waals surface area (Å²) in [5.41, 5.74) is 2.49. The second kappa shape index (κ2) is 16.4. The van der Waals surface area contributed by atoms with Crippen LogP contribution in [0.5, 0.6) is 0 Å². The van der Waals surface area contributed by atoms with Crippen molar-refractivity contribution in [2.45, 2.75) is 104 Å². The zero-order valence-electron chi connectivity index (χ0n) is 29.8. The van der Waals surface area contributed by atoms with Crippen LogP contribution < -0.4 is 10.6 Å². The number of ether oxygens (including phenoxy) is 2. The van der Waals surface area contributed by atoms with Crippen molar-refractivity contribution in [1.29, 1.82) is 0 Å². The molecule has 0 bridgehead atoms. The van der Waals surface area contributed by atoms with Gasteiger partial charge in [-0.25, -0.2) is 9.59 Å². The van der Waals surface area contributed by atoms with Gasteiger partial charge in [-0.2, -0.15) is 0 Å². The highest BCUT2D eigenvalue weighted by atomic mass is 16.6. The van der Waals surface area contributed by atoms with Crippen molar-refractivity contribution in [3.05, 3.63) is 107 Å². The van der Waals surface area contributed by atoms with Crippen molar-refractivity contribution in [2.75, 3.05) is 6.54 Å². The average Bonchev–Trinajstić information content (AvgIpc) is 2.98. The van der Waals surface area contributed by atoms with E-state index in [-0.39, 0.29) is 19.4 Å². The maximum atomic E-state index is 14.6. The quantitative estimate of drug-likeness (QED) is 0.218. The van der Waals surface area contributed by atoms with Gasteiger partial charge in [0.2, 0.25) is 11.8 Å². The zero-order chi connectivity index (χ0) is 35.6. The molecule has 0 spiro atoms. The molecule has 9 nitrogen and oxygen atoms in total. The predicted molar refractivity (Wildman–Crippen MR) is 187 cm³/mol. The number of likely N-dealkylation sites (N-methyl/N-ethyl adjacent to an activating group) is 1. The first-order valence-corrected chi connectivity index (χ1v) is 16.5. The second-order valence-electron chi connectivity index (χ2n) is 14.1. The van der Waals surface area contributed by atoms with Gasteiger partial charge in [0.25, 0.3) is 0 Å². The van der Waals surface area contributed by atoms with E-state index in [1.54, 1.807) is 48.5 Å². The molecular formula is C39H51N3O6. The molecule has 48 heavy (non-hydrogen) atoms. The summed E-state index contributed by atoms with van der Waals surface area (Å²) in [6.07, 6.45) is -0.378. The smallest absolute Gasteiger partial charge is 0.408 e. The van der Waals surface area contributed by atoms with E-state index < -0.39 is 53.2 Å². The Balaban J connectivity index is 2.07. The molecule has 2 N–H and O–H groups in total. The van der Waals surface area contributed by atoms with Crippen LogP contribution in [0.25, 0.3) is 0 Å². The molecule has 3 aromatic carbocycles. The number of carbonyl (C=O) groups excluding carboxylic acids is 4. The highest BCUT2D eigenvalue weighted by Gasteiger charge is 2.38. The molecule has 0 aliphatic carbocycles. The molecule has 3 unspecified atom stereocenters. The number of alkyl carbamates (subject to hydrolysis) is 1. The Morgan fingerprint density at radius 2 is 1.23 bits per heavy atom. The molecule has 0 saturated carbocycles. The van der Waals surface area contributed by atoms with Gasteiger partial charge in [0, 0.05) is 19.4 Å². The van der Waals surface area contributed by atoms with Crippen molar-refractivity contribution in [2.24, 2.45) is 0 Å².